The first-order valence-electron chi connectivity index (χ1n) is 10.1. The molecule has 1 aliphatic rings. The van der Waals surface area contributed by atoms with E-state index in [0.29, 0.717) is 0 Å². The molecule has 7 nitrogen and oxygen atoms in total. The lowest BCUT2D eigenvalue weighted by atomic mass is 10.1. The number of para-hydroxylation sites is 1. The number of carboxylic acid groups (broad SMARTS) is 1. The van der Waals surface area contributed by atoms with Crippen LogP contribution in [-0.2, 0) is 31.5 Å². The molecule has 10 heteroatoms. The van der Waals surface area contributed by atoms with Crippen LogP contribution in [0.4, 0.5) is 13.2 Å². The summed E-state index contributed by atoms with van der Waals surface area (Å²) in [4.78, 5) is 11.3. The second-order valence-corrected chi connectivity index (χ2v) is 7.60. The van der Waals surface area contributed by atoms with Gasteiger partial charge in [0.15, 0.2) is 0 Å². The normalized spacial score (nSPS) is 13.5. The Hall–Kier alpha value is -3.79. The zero-order valence-corrected chi connectivity index (χ0v) is 17.7. The molecule has 0 unspecified atom stereocenters. The number of halogens is 3. The van der Waals surface area contributed by atoms with Gasteiger partial charge in [-0.2, -0.15) is 18.3 Å². The third-order valence-electron chi connectivity index (χ3n) is 5.24. The van der Waals surface area contributed by atoms with Gasteiger partial charge in [-0.25, -0.2) is 9.48 Å². The Kier molecular flexibility index (Phi) is 6.10. The van der Waals surface area contributed by atoms with Gasteiger partial charge in [0.25, 0.3) is 0 Å². The number of hydrogen-bond donors (Lipinski definition) is 1. The van der Waals surface area contributed by atoms with Crippen molar-refractivity contribution in [3.05, 3.63) is 84.2 Å². The lowest BCUT2D eigenvalue weighted by Crippen LogP contribution is -2.22. The van der Waals surface area contributed by atoms with Crippen molar-refractivity contribution < 1.29 is 27.5 Å². The van der Waals surface area contributed by atoms with Crippen molar-refractivity contribution >= 4 is 5.97 Å². The average molecular weight is 458 g/mol. The van der Waals surface area contributed by atoms with Crippen LogP contribution in [0, 0.1) is 0 Å². The summed E-state index contributed by atoms with van der Waals surface area (Å²) in [5, 5.41) is 12.0. The molecule has 1 N–H and O–H groups in total. The molecule has 0 saturated carbocycles. The van der Waals surface area contributed by atoms with E-state index in [0.717, 1.165) is 36.8 Å². The van der Waals surface area contributed by atoms with E-state index < -0.39 is 12.1 Å². The number of nitrogens with zero attached hydrogens (tertiary/aromatic N) is 4. The van der Waals surface area contributed by atoms with E-state index >= 15 is 0 Å². The van der Waals surface area contributed by atoms with Gasteiger partial charge in [-0.15, -0.1) is 0 Å². The first-order chi connectivity index (χ1) is 15.7. The van der Waals surface area contributed by atoms with Crippen LogP contribution in [0.1, 0.15) is 17.0 Å². The maximum atomic E-state index is 10.6. The molecular weight excluding hydrogens is 437 g/mol. The third-order valence-corrected chi connectivity index (χ3v) is 5.24. The summed E-state index contributed by atoms with van der Waals surface area (Å²) < 4.78 is 41.5. The molecular formula is C23H21F3N4O3. The van der Waals surface area contributed by atoms with Gasteiger partial charge in [0.2, 0.25) is 0 Å². The number of carboxylic acids is 1. The summed E-state index contributed by atoms with van der Waals surface area (Å²) in [6, 6.07) is 16.4. The highest BCUT2D eigenvalue weighted by atomic mass is 19.4. The number of alkyl halides is 3. The molecule has 172 valence electrons. The zero-order valence-electron chi connectivity index (χ0n) is 17.7. The van der Waals surface area contributed by atoms with Crippen LogP contribution in [0.25, 0.3) is 16.9 Å². The van der Waals surface area contributed by atoms with E-state index in [1.54, 1.807) is 6.26 Å². The SMILES string of the molecule is Cn1ccc2c1CN(Cc1ccco1)Cc1cn(-c3ccccc3)nc1-2.O=C(O)C(F)(F)F. The van der Waals surface area contributed by atoms with Gasteiger partial charge in [-0.3, -0.25) is 4.90 Å². The molecule has 1 aliphatic heterocycles. The van der Waals surface area contributed by atoms with Gasteiger partial charge >= 0.3 is 12.1 Å². The highest BCUT2D eigenvalue weighted by molar-refractivity contribution is 5.73. The van der Waals surface area contributed by atoms with E-state index in [4.69, 9.17) is 19.4 Å². The third kappa shape index (κ3) is 5.01. The fourth-order valence-corrected chi connectivity index (χ4v) is 3.68. The van der Waals surface area contributed by atoms with Gasteiger partial charge in [0.1, 0.15) is 5.76 Å². The maximum Gasteiger partial charge on any atom is 0.490 e. The fourth-order valence-electron chi connectivity index (χ4n) is 3.68. The number of furan rings is 1. The van der Waals surface area contributed by atoms with E-state index in [-0.39, 0.29) is 0 Å². The predicted molar refractivity (Wildman–Crippen MR) is 113 cm³/mol. The van der Waals surface area contributed by atoms with Crippen LogP contribution in [0.3, 0.4) is 0 Å². The monoisotopic (exact) mass is 458 g/mol. The lowest BCUT2D eigenvalue weighted by molar-refractivity contribution is -0.192. The standard InChI is InChI=1S/C21H20N4O.C2HF3O2/c1-23-10-9-19-20(23)15-24(14-18-8-5-11-26-18)12-16-13-25(22-21(16)19)17-6-3-2-4-7-17;3-2(4,5)1(6)7/h2-11,13H,12,14-15H2,1H3;(H,6,7). The van der Waals surface area contributed by atoms with E-state index in [9.17, 15) is 13.2 Å². The summed E-state index contributed by atoms with van der Waals surface area (Å²) in [6.45, 7) is 2.51. The Balaban J connectivity index is 0.000000325. The molecule has 4 heterocycles. The molecule has 0 spiro atoms. The Bertz CT molecular complexity index is 1230. The fraction of sp³-hybridized carbons (Fsp3) is 0.217. The van der Waals surface area contributed by atoms with Crippen LogP contribution < -0.4 is 0 Å². The molecule has 0 saturated heterocycles. The molecule has 0 aliphatic carbocycles. The molecule has 4 aromatic rings. The molecule has 0 radical (unpaired) electrons. The van der Waals surface area contributed by atoms with Gasteiger partial charge in [-0.05, 0) is 30.3 Å². The summed E-state index contributed by atoms with van der Waals surface area (Å²) in [5.74, 6) is -1.77. The molecule has 0 atom stereocenters. The number of carbonyl (C=O) groups is 1. The second kappa shape index (κ2) is 8.99. The van der Waals surface area contributed by atoms with Gasteiger partial charge in [0.05, 0.1) is 24.2 Å². The number of aromatic nitrogens is 3. The molecule has 33 heavy (non-hydrogen) atoms. The number of fused-ring (bicyclic) bond motifs is 3. The highest BCUT2D eigenvalue weighted by Crippen LogP contribution is 2.33. The van der Waals surface area contributed by atoms with Crippen molar-refractivity contribution in [2.45, 2.75) is 25.8 Å². The Morgan fingerprint density at radius 2 is 1.85 bits per heavy atom. The van der Waals surface area contributed by atoms with Crippen LogP contribution >= 0.6 is 0 Å². The van der Waals surface area contributed by atoms with Crippen molar-refractivity contribution in [1.82, 2.24) is 19.2 Å². The van der Waals surface area contributed by atoms with Crippen molar-refractivity contribution in [3.8, 4) is 16.9 Å². The van der Waals surface area contributed by atoms with Crippen LogP contribution in [0.2, 0.25) is 0 Å². The molecule has 1 aromatic carbocycles. The second-order valence-electron chi connectivity index (χ2n) is 7.60. The first-order valence-corrected chi connectivity index (χ1v) is 10.1. The summed E-state index contributed by atoms with van der Waals surface area (Å²) >= 11 is 0. The minimum absolute atomic E-state index is 0.785. The number of aliphatic carboxylic acids is 1. The largest absolute Gasteiger partial charge is 0.490 e. The smallest absolute Gasteiger partial charge is 0.475 e. The molecule has 0 fully saturated rings. The number of benzene rings is 1. The van der Waals surface area contributed by atoms with Gasteiger partial charge in [-0.1, -0.05) is 18.2 Å². The van der Waals surface area contributed by atoms with Gasteiger partial charge in [0, 0.05) is 49.4 Å². The molecule has 0 bridgehead atoms. The minimum Gasteiger partial charge on any atom is -0.475 e. The van der Waals surface area contributed by atoms with Crippen molar-refractivity contribution in [3.63, 3.8) is 0 Å². The summed E-state index contributed by atoms with van der Waals surface area (Å²) in [7, 11) is 2.10. The molecule has 3 aromatic heterocycles. The zero-order chi connectivity index (χ0) is 23.6. The van der Waals surface area contributed by atoms with E-state index in [2.05, 4.69) is 47.1 Å². The summed E-state index contributed by atoms with van der Waals surface area (Å²) in [5.41, 5.74) is 5.90. The minimum atomic E-state index is -5.08. The van der Waals surface area contributed by atoms with Gasteiger partial charge < -0.3 is 14.1 Å². The van der Waals surface area contributed by atoms with Crippen LogP contribution in [0.15, 0.2) is 71.6 Å². The van der Waals surface area contributed by atoms with Crippen LogP contribution in [0.5, 0.6) is 0 Å². The molecule has 5 rings (SSSR count). The van der Waals surface area contributed by atoms with Crippen LogP contribution in [-0.4, -0.2) is 36.5 Å². The van der Waals surface area contributed by atoms with Crippen molar-refractivity contribution in [2.24, 2.45) is 7.05 Å². The van der Waals surface area contributed by atoms with Crippen molar-refractivity contribution in [2.75, 3.05) is 0 Å². The molecule has 0 amide bonds. The topological polar surface area (TPSA) is 76.4 Å². The first kappa shape index (κ1) is 22.4. The highest BCUT2D eigenvalue weighted by Gasteiger charge is 2.38. The van der Waals surface area contributed by atoms with Crippen molar-refractivity contribution in [1.29, 1.82) is 0 Å². The Labute approximate surface area is 187 Å². The number of aryl methyl sites for hydroxylation is 1. The average Bonchev–Trinajstić information content (AvgIpc) is 3.49. The lowest BCUT2D eigenvalue weighted by Gasteiger charge is -2.19. The summed E-state index contributed by atoms with van der Waals surface area (Å²) in [6.07, 6.45) is 0.925. The Morgan fingerprint density at radius 3 is 2.48 bits per heavy atom. The Morgan fingerprint density at radius 1 is 1.12 bits per heavy atom. The maximum absolute atomic E-state index is 10.6. The van der Waals surface area contributed by atoms with E-state index in [1.807, 2.05) is 35.0 Å². The predicted octanol–water partition coefficient (Wildman–Crippen LogP) is 4.62. The quantitative estimate of drug-likeness (QED) is 0.485. The van der Waals surface area contributed by atoms with E-state index in [1.165, 1.54) is 16.8 Å². The number of hydrogen-bond acceptors (Lipinski definition) is 4. The number of rotatable bonds is 3.